The molecule has 1 aliphatic carbocycles. The molecule has 0 aliphatic heterocycles. The van der Waals surface area contributed by atoms with E-state index in [0.717, 1.165) is 0 Å². The second-order valence-electron chi connectivity index (χ2n) is 6.23. The molecule has 2 aromatic carbocycles. The van der Waals surface area contributed by atoms with Gasteiger partial charge in [-0.3, -0.25) is 4.79 Å². The predicted molar refractivity (Wildman–Crippen MR) is 97.8 cm³/mol. The van der Waals surface area contributed by atoms with Crippen LogP contribution < -0.4 is 4.74 Å². The molecule has 0 radical (unpaired) electrons. The van der Waals surface area contributed by atoms with E-state index in [1.807, 2.05) is 6.07 Å². The number of methoxy groups -OCH3 is 1. The Morgan fingerprint density at radius 1 is 1.15 bits per heavy atom. The van der Waals surface area contributed by atoms with Crippen LogP contribution >= 0.6 is 0 Å². The highest BCUT2D eigenvalue weighted by atomic mass is 32.2. The molecule has 6 nitrogen and oxygen atoms in total. The van der Waals surface area contributed by atoms with Crippen LogP contribution in [0.1, 0.15) is 18.4 Å². The molecule has 0 saturated heterocycles. The third kappa shape index (κ3) is 2.96. The number of carbonyl (C=O) groups excluding carboxylic acids is 1. The highest BCUT2D eigenvalue weighted by molar-refractivity contribution is 7.92. The minimum absolute atomic E-state index is 0.0652. The van der Waals surface area contributed by atoms with E-state index in [-0.39, 0.29) is 11.5 Å². The number of rotatable bonds is 6. The zero-order valence-corrected chi connectivity index (χ0v) is 15.8. The fourth-order valence-corrected chi connectivity index (χ4v) is 5.72. The summed E-state index contributed by atoms with van der Waals surface area (Å²) in [6.07, 6.45) is 0. The topological polar surface area (TPSA) is 93.5 Å². The maximum absolute atomic E-state index is 13.2. The zero-order chi connectivity index (χ0) is 19.7. The summed E-state index contributed by atoms with van der Waals surface area (Å²) in [7, 11) is -2.40. The molecule has 2 aromatic rings. The molecule has 0 unspecified atom stereocenters. The first-order valence-electron chi connectivity index (χ1n) is 8.44. The minimum atomic E-state index is -3.92. The van der Waals surface area contributed by atoms with Gasteiger partial charge < -0.3 is 9.47 Å². The Bertz CT molecular complexity index is 979. The fraction of sp³-hybridized carbons (Fsp3) is 0.300. The standard InChI is InChI=1S/C20H19NO5S/c1-3-26-19(22)20(13-21)17(14-9-11-15(25-2)12-10-14)18(20)27(23,24)16-7-5-4-6-8-16/h4-12,17-18H,3H2,1-2H3/t17-,18-,20-/m1/s1. The molecule has 0 N–H and O–H groups in total. The summed E-state index contributed by atoms with van der Waals surface area (Å²) >= 11 is 0. The average molecular weight is 385 g/mol. The molecular formula is C20H19NO5S. The quantitative estimate of drug-likeness (QED) is 0.710. The van der Waals surface area contributed by atoms with Crippen molar-refractivity contribution in [2.75, 3.05) is 13.7 Å². The van der Waals surface area contributed by atoms with E-state index >= 15 is 0 Å². The van der Waals surface area contributed by atoms with Gasteiger partial charge in [-0.05, 0) is 36.8 Å². The number of nitrogens with zero attached hydrogens (tertiary/aromatic N) is 1. The molecule has 1 aliphatic rings. The predicted octanol–water partition coefficient (Wildman–Crippen LogP) is 2.71. The number of nitriles is 1. The fourth-order valence-electron chi connectivity index (χ4n) is 3.46. The molecule has 3 atom stereocenters. The molecular weight excluding hydrogens is 366 g/mol. The minimum Gasteiger partial charge on any atom is -0.497 e. The van der Waals surface area contributed by atoms with Gasteiger partial charge in [0.2, 0.25) is 0 Å². The average Bonchev–Trinajstić information content (AvgIpc) is 3.40. The van der Waals surface area contributed by atoms with Crippen molar-refractivity contribution >= 4 is 15.8 Å². The molecule has 3 rings (SSSR count). The smallest absolute Gasteiger partial charge is 0.328 e. The Morgan fingerprint density at radius 3 is 2.30 bits per heavy atom. The van der Waals surface area contributed by atoms with Crippen LogP contribution in [-0.4, -0.2) is 33.4 Å². The second kappa shape index (κ2) is 7.05. The third-order valence-electron chi connectivity index (χ3n) is 4.81. The van der Waals surface area contributed by atoms with E-state index < -0.39 is 32.4 Å². The lowest BCUT2D eigenvalue weighted by molar-refractivity contribution is -0.147. The van der Waals surface area contributed by atoms with Crippen LogP contribution in [0.25, 0.3) is 0 Å². The summed E-state index contributed by atoms with van der Waals surface area (Å²) in [4.78, 5) is 12.7. The van der Waals surface area contributed by atoms with Crippen molar-refractivity contribution in [3.8, 4) is 11.8 Å². The Balaban J connectivity index is 2.11. The van der Waals surface area contributed by atoms with Crippen LogP contribution in [0.5, 0.6) is 5.75 Å². The van der Waals surface area contributed by atoms with E-state index in [4.69, 9.17) is 9.47 Å². The summed E-state index contributed by atoms with van der Waals surface area (Å²) in [5.74, 6) is -1.02. The maximum Gasteiger partial charge on any atom is 0.328 e. The first-order valence-corrected chi connectivity index (χ1v) is 9.99. The first kappa shape index (κ1) is 18.9. The Hall–Kier alpha value is -2.85. The first-order chi connectivity index (χ1) is 12.9. The van der Waals surface area contributed by atoms with Gasteiger partial charge >= 0.3 is 5.97 Å². The van der Waals surface area contributed by atoms with Crippen LogP contribution in [0.2, 0.25) is 0 Å². The maximum atomic E-state index is 13.2. The van der Waals surface area contributed by atoms with Gasteiger partial charge in [0.15, 0.2) is 15.3 Å². The van der Waals surface area contributed by atoms with E-state index in [1.165, 1.54) is 19.2 Å². The summed E-state index contributed by atoms with van der Waals surface area (Å²) < 4.78 is 36.6. The number of benzene rings is 2. The van der Waals surface area contributed by atoms with Gasteiger partial charge in [0.1, 0.15) is 11.0 Å². The summed E-state index contributed by atoms with van der Waals surface area (Å²) in [6.45, 7) is 1.68. The lowest BCUT2D eigenvalue weighted by Crippen LogP contribution is -2.25. The molecule has 27 heavy (non-hydrogen) atoms. The summed E-state index contributed by atoms with van der Waals surface area (Å²) in [5.41, 5.74) is -1.19. The normalized spacial score (nSPS) is 23.9. The van der Waals surface area contributed by atoms with Gasteiger partial charge in [-0.1, -0.05) is 30.3 Å². The zero-order valence-electron chi connectivity index (χ0n) is 15.0. The van der Waals surface area contributed by atoms with Gasteiger partial charge in [0.25, 0.3) is 0 Å². The van der Waals surface area contributed by atoms with Crippen molar-refractivity contribution in [1.82, 2.24) is 0 Å². The van der Waals surface area contributed by atoms with Gasteiger partial charge in [0, 0.05) is 5.92 Å². The molecule has 0 spiro atoms. The SMILES string of the molecule is CCOC(=O)[C@]1(C#N)[C@H](c2ccc(OC)cc2)[C@H]1S(=O)(=O)c1ccccc1. The largest absolute Gasteiger partial charge is 0.497 e. The van der Waals surface area contributed by atoms with Gasteiger partial charge in [-0.2, -0.15) is 5.26 Å². The lowest BCUT2D eigenvalue weighted by Gasteiger charge is -2.09. The monoisotopic (exact) mass is 385 g/mol. The second-order valence-corrected chi connectivity index (χ2v) is 8.30. The highest BCUT2D eigenvalue weighted by Crippen LogP contribution is 2.64. The van der Waals surface area contributed by atoms with Crippen molar-refractivity contribution in [1.29, 1.82) is 5.26 Å². The van der Waals surface area contributed by atoms with Crippen molar-refractivity contribution in [2.45, 2.75) is 23.0 Å². The van der Waals surface area contributed by atoms with Crippen LogP contribution in [0, 0.1) is 16.7 Å². The number of ether oxygens (including phenoxy) is 2. The highest BCUT2D eigenvalue weighted by Gasteiger charge is 2.77. The molecule has 0 bridgehead atoms. The van der Waals surface area contributed by atoms with E-state index in [2.05, 4.69) is 0 Å². The number of esters is 1. The number of hydrogen-bond acceptors (Lipinski definition) is 6. The van der Waals surface area contributed by atoms with E-state index in [1.54, 1.807) is 49.4 Å². The Morgan fingerprint density at radius 2 is 1.78 bits per heavy atom. The molecule has 7 heteroatoms. The van der Waals surface area contributed by atoms with Gasteiger partial charge in [-0.15, -0.1) is 0 Å². The van der Waals surface area contributed by atoms with Crippen molar-refractivity contribution in [3.63, 3.8) is 0 Å². The Kier molecular flexibility index (Phi) is 4.94. The van der Waals surface area contributed by atoms with Crippen molar-refractivity contribution in [2.24, 2.45) is 5.41 Å². The Labute approximate surface area is 158 Å². The number of sulfone groups is 1. The van der Waals surface area contributed by atoms with Crippen molar-refractivity contribution < 1.29 is 22.7 Å². The van der Waals surface area contributed by atoms with Crippen molar-refractivity contribution in [3.05, 3.63) is 60.2 Å². The number of hydrogen-bond donors (Lipinski definition) is 0. The van der Waals surface area contributed by atoms with Crippen LogP contribution in [0.15, 0.2) is 59.5 Å². The van der Waals surface area contributed by atoms with E-state index in [0.29, 0.717) is 11.3 Å². The van der Waals surface area contributed by atoms with Gasteiger partial charge in [0.05, 0.1) is 24.7 Å². The molecule has 0 heterocycles. The van der Waals surface area contributed by atoms with Crippen LogP contribution in [0.4, 0.5) is 0 Å². The third-order valence-corrected chi connectivity index (χ3v) is 7.05. The van der Waals surface area contributed by atoms with Crippen LogP contribution in [-0.2, 0) is 19.4 Å². The molecule has 140 valence electrons. The van der Waals surface area contributed by atoms with E-state index in [9.17, 15) is 18.5 Å². The molecule has 1 fully saturated rings. The van der Waals surface area contributed by atoms with Crippen LogP contribution in [0.3, 0.4) is 0 Å². The molecule has 0 aromatic heterocycles. The number of carbonyl (C=O) groups is 1. The molecule has 0 amide bonds. The molecule has 1 saturated carbocycles. The lowest BCUT2D eigenvalue weighted by atomic mass is 10.0. The summed E-state index contributed by atoms with van der Waals surface area (Å²) in [6, 6.07) is 16.5. The summed E-state index contributed by atoms with van der Waals surface area (Å²) in [5, 5.41) is 8.62. The van der Waals surface area contributed by atoms with Gasteiger partial charge in [-0.25, -0.2) is 8.42 Å².